The summed E-state index contributed by atoms with van der Waals surface area (Å²) >= 11 is 5.90. The second-order valence-corrected chi connectivity index (χ2v) is 6.57. The first-order chi connectivity index (χ1) is 13.4. The number of halogens is 2. The van der Waals surface area contributed by atoms with Gasteiger partial charge in [-0.05, 0) is 35.9 Å². The number of carbonyl (C=O) groups excluding carboxylic acids is 1. The van der Waals surface area contributed by atoms with Crippen LogP contribution >= 0.6 is 11.6 Å². The molecule has 0 saturated heterocycles. The third kappa shape index (κ3) is 4.72. The van der Waals surface area contributed by atoms with Gasteiger partial charge in [0.05, 0.1) is 11.0 Å². The minimum absolute atomic E-state index is 0.0173. The molecule has 3 rings (SSSR count). The first kappa shape index (κ1) is 19.5. The van der Waals surface area contributed by atoms with Crippen molar-refractivity contribution in [3.63, 3.8) is 0 Å². The molecule has 0 spiro atoms. The Bertz CT molecular complexity index is 994. The summed E-state index contributed by atoms with van der Waals surface area (Å²) in [5.41, 5.74) is 1.42. The Morgan fingerprint density at radius 3 is 2.39 bits per heavy atom. The van der Waals surface area contributed by atoms with Gasteiger partial charge < -0.3 is 5.32 Å². The molecule has 0 amide bonds. The Labute approximate surface area is 165 Å². The van der Waals surface area contributed by atoms with E-state index in [0.29, 0.717) is 16.8 Å². The second-order valence-electron chi connectivity index (χ2n) is 6.17. The van der Waals surface area contributed by atoms with Crippen LogP contribution in [0, 0.1) is 15.9 Å². The molecule has 5 nitrogen and oxygen atoms in total. The molecule has 1 N–H and O–H groups in total. The van der Waals surface area contributed by atoms with Gasteiger partial charge in [-0.25, -0.2) is 4.39 Å². The van der Waals surface area contributed by atoms with Crippen molar-refractivity contribution in [3.8, 4) is 0 Å². The lowest BCUT2D eigenvalue weighted by atomic mass is 9.97. The lowest BCUT2D eigenvalue weighted by Crippen LogP contribution is -2.16. The third-order valence-electron chi connectivity index (χ3n) is 4.24. The number of Topliss-reactive ketones (excluding diaryl/α,β-unsaturated/α-hetero) is 1. The molecule has 0 aliphatic carbocycles. The van der Waals surface area contributed by atoms with Gasteiger partial charge in [0, 0.05) is 23.7 Å². The predicted molar refractivity (Wildman–Crippen MR) is 106 cm³/mol. The van der Waals surface area contributed by atoms with Gasteiger partial charge in [-0.3, -0.25) is 14.9 Å². The number of hydrogen-bond donors (Lipinski definition) is 1. The number of carbonyl (C=O) groups is 1. The molecule has 3 aromatic carbocycles. The van der Waals surface area contributed by atoms with Crippen LogP contribution in [0.1, 0.15) is 28.4 Å². The van der Waals surface area contributed by atoms with Crippen LogP contribution < -0.4 is 5.32 Å². The van der Waals surface area contributed by atoms with Crippen LogP contribution in [-0.2, 0) is 0 Å². The number of nitrogens with zero attached hydrogens (tertiary/aromatic N) is 1. The molecule has 3 aromatic rings. The first-order valence-corrected chi connectivity index (χ1v) is 8.86. The fraction of sp³-hybridized carbons (Fsp3) is 0.0952. The summed E-state index contributed by atoms with van der Waals surface area (Å²) < 4.78 is 13.2. The number of hydrogen-bond acceptors (Lipinski definition) is 4. The van der Waals surface area contributed by atoms with E-state index in [9.17, 15) is 19.3 Å². The Morgan fingerprint density at radius 2 is 1.75 bits per heavy atom. The van der Waals surface area contributed by atoms with Crippen LogP contribution in [0.5, 0.6) is 0 Å². The van der Waals surface area contributed by atoms with Crippen LogP contribution in [0.3, 0.4) is 0 Å². The molecular weight excluding hydrogens is 383 g/mol. The molecule has 0 aliphatic rings. The van der Waals surface area contributed by atoms with Gasteiger partial charge in [-0.15, -0.1) is 0 Å². The fourth-order valence-electron chi connectivity index (χ4n) is 2.81. The Balaban J connectivity index is 1.94. The van der Waals surface area contributed by atoms with E-state index in [0.717, 1.165) is 0 Å². The molecule has 142 valence electrons. The minimum Gasteiger partial charge on any atom is -0.378 e. The van der Waals surface area contributed by atoms with Gasteiger partial charge in [0.2, 0.25) is 0 Å². The van der Waals surface area contributed by atoms with Gasteiger partial charge in [-0.1, -0.05) is 48.0 Å². The number of rotatable bonds is 7. The molecule has 0 aliphatic heterocycles. The van der Waals surface area contributed by atoms with E-state index in [1.807, 2.05) is 6.07 Å². The zero-order valence-electron chi connectivity index (χ0n) is 14.6. The van der Waals surface area contributed by atoms with Gasteiger partial charge in [0.1, 0.15) is 10.8 Å². The van der Waals surface area contributed by atoms with Crippen molar-refractivity contribution in [2.75, 3.05) is 5.32 Å². The van der Waals surface area contributed by atoms with E-state index in [1.54, 1.807) is 42.5 Å². The number of ketones is 1. The highest BCUT2D eigenvalue weighted by atomic mass is 35.5. The molecule has 0 saturated carbocycles. The molecular formula is C21H16ClFN2O3. The molecule has 1 unspecified atom stereocenters. The maximum Gasteiger partial charge on any atom is 0.288 e. The van der Waals surface area contributed by atoms with Crippen LogP contribution in [0.25, 0.3) is 0 Å². The summed E-state index contributed by atoms with van der Waals surface area (Å²) in [5, 5.41) is 14.4. The molecule has 0 heterocycles. The van der Waals surface area contributed by atoms with Crippen LogP contribution in [0.15, 0.2) is 72.8 Å². The van der Waals surface area contributed by atoms with E-state index in [2.05, 4.69) is 5.32 Å². The zero-order valence-corrected chi connectivity index (χ0v) is 15.4. The lowest BCUT2D eigenvalue weighted by Gasteiger charge is -2.20. The number of nitro benzene ring substituents is 1. The van der Waals surface area contributed by atoms with Gasteiger partial charge in [0.25, 0.3) is 5.69 Å². The van der Waals surface area contributed by atoms with E-state index >= 15 is 0 Å². The summed E-state index contributed by atoms with van der Waals surface area (Å²) in [5.74, 6) is -0.512. The van der Waals surface area contributed by atoms with Crippen molar-refractivity contribution in [2.45, 2.75) is 12.5 Å². The smallest absolute Gasteiger partial charge is 0.288 e. The van der Waals surface area contributed by atoms with E-state index in [1.165, 1.54) is 24.3 Å². The number of anilines is 1. The average molecular weight is 399 g/mol. The molecule has 28 heavy (non-hydrogen) atoms. The monoisotopic (exact) mass is 398 g/mol. The Morgan fingerprint density at radius 1 is 1.07 bits per heavy atom. The summed E-state index contributed by atoms with van der Waals surface area (Å²) in [6, 6.07) is 18.3. The van der Waals surface area contributed by atoms with Crippen molar-refractivity contribution in [1.82, 2.24) is 0 Å². The van der Waals surface area contributed by atoms with Crippen molar-refractivity contribution in [1.29, 1.82) is 0 Å². The van der Waals surface area contributed by atoms with Crippen molar-refractivity contribution in [3.05, 3.63) is 105 Å². The molecule has 1 atom stereocenters. The summed E-state index contributed by atoms with van der Waals surface area (Å²) in [4.78, 5) is 23.4. The van der Waals surface area contributed by atoms with E-state index in [-0.39, 0.29) is 28.7 Å². The van der Waals surface area contributed by atoms with Crippen LogP contribution in [0.4, 0.5) is 15.8 Å². The van der Waals surface area contributed by atoms with E-state index < -0.39 is 11.0 Å². The predicted octanol–water partition coefficient (Wildman–Crippen LogP) is 5.81. The lowest BCUT2D eigenvalue weighted by molar-refractivity contribution is -0.384. The van der Waals surface area contributed by atoms with Gasteiger partial charge in [-0.2, -0.15) is 0 Å². The normalized spacial score (nSPS) is 11.6. The van der Waals surface area contributed by atoms with Gasteiger partial charge in [0.15, 0.2) is 5.78 Å². The van der Waals surface area contributed by atoms with Crippen LogP contribution in [-0.4, -0.2) is 10.7 Å². The largest absolute Gasteiger partial charge is 0.378 e. The summed E-state index contributed by atoms with van der Waals surface area (Å²) in [6.45, 7) is 0. The number of nitro groups is 1. The molecule has 0 bridgehead atoms. The summed E-state index contributed by atoms with van der Waals surface area (Å²) in [7, 11) is 0. The van der Waals surface area contributed by atoms with Crippen molar-refractivity contribution in [2.24, 2.45) is 0 Å². The molecule has 7 heteroatoms. The number of benzene rings is 3. The van der Waals surface area contributed by atoms with Crippen molar-refractivity contribution >= 4 is 28.8 Å². The fourth-order valence-corrected chi connectivity index (χ4v) is 3.00. The standard InChI is InChI=1S/C21H16ClFN2O3/c22-18-11-6-15(12-20(18)25(27)28)19(24-17-9-7-16(23)8-10-17)13-21(26)14-4-2-1-3-5-14/h1-12,19,24H,13H2. The molecule has 0 aromatic heterocycles. The average Bonchev–Trinajstić information content (AvgIpc) is 2.70. The van der Waals surface area contributed by atoms with Crippen LogP contribution in [0.2, 0.25) is 5.02 Å². The first-order valence-electron chi connectivity index (χ1n) is 8.48. The maximum absolute atomic E-state index is 13.2. The third-order valence-corrected chi connectivity index (χ3v) is 4.56. The van der Waals surface area contributed by atoms with E-state index in [4.69, 9.17) is 11.6 Å². The summed E-state index contributed by atoms with van der Waals surface area (Å²) in [6.07, 6.45) is 0.0557. The highest BCUT2D eigenvalue weighted by molar-refractivity contribution is 6.32. The quantitative estimate of drug-likeness (QED) is 0.309. The maximum atomic E-state index is 13.2. The van der Waals surface area contributed by atoms with Crippen molar-refractivity contribution < 1.29 is 14.1 Å². The zero-order chi connectivity index (χ0) is 20.1. The Hall–Kier alpha value is -3.25. The minimum atomic E-state index is -0.570. The molecule has 0 fully saturated rings. The molecule has 0 radical (unpaired) electrons. The SMILES string of the molecule is O=C(CC(Nc1ccc(F)cc1)c1ccc(Cl)c([N+](=O)[O-])c1)c1ccccc1. The topological polar surface area (TPSA) is 72.2 Å². The highest BCUT2D eigenvalue weighted by Crippen LogP contribution is 2.31. The number of nitrogens with one attached hydrogen (secondary N) is 1. The Kier molecular flexibility index (Phi) is 6.01. The second kappa shape index (κ2) is 8.63. The highest BCUT2D eigenvalue weighted by Gasteiger charge is 2.21. The van der Waals surface area contributed by atoms with Gasteiger partial charge >= 0.3 is 0 Å².